The fourth-order valence-electron chi connectivity index (χ4n) is 2.56. The molecule has 6 nitrogen and oxygen atoms in total. The monoisotopic (exact) mass is 413 g/mol. The molecule has 0 radical (unpaired) electrons. The molecular weight excluding hydrogens is 389 g/mol. The van der Waals surface area contributed by atoms with Gasteiger partial charge in [0.25, 0.3) is 0 Å². The zero-order valence-corrected chi connectivity index (χ0v) is 16.6. The number of hydrogen-bond acceptors (Lipinski definition) is 5. The zero-order chi connectivity index (χ0) is 18.6. The summed E-state index contributed by atoms with van der Waals surface area (Å²) in [5, 5.41) is 0. The van der Waals surface area contributed by atoms with Crippen molar-refractivity contribution in [3.05, 3.63) is 35.9 Å². The molecule has 1 aromatic rings. The predicted molar refractivity (Wildman–Crippen MR) is 93.6 cm³/mol. The van der Waals surface area contributed by atoms with Crippen LogP contribution >= 0.6 is 0 Å². The number of amides is 1. The van der Waals surface area contributed by atoms with Crippen molar-refractivity contribution in [2.75, 3.05) is 13.7 Å². The predicted octanol–water partition coefficient (Wildman–Crippen LogP) is 2.50. The number of ether oxygens (including phenoxy) is 2. The van der Waals surface area contributed by atoms with Crippen LogP contribution < -0.4 is 0 Å². The number of likely N-dealkylation sites (tertiary alicyclic amines) is 1. The number of nitrogens with zero attached hydrogens (tertiary/aromatic N) is 1. The van der Waals surface area contributed by atoms with Crippen molar-refractivity contribution < 1.29 is 23.9 Å². The van der Waals surface area contributed by atoms with Gasteiger partial charge in [-0.3, -0.25) is 0 Å². The molecule has 0 aromatic heterocycles. The molecule has 1 aromatic carbocycles. The third-order valence-corrected chi connectivity index (χ3v) is 6.01. The Morgan fingerprint density at radius 1 is 1.16 bits per heavy atom. The van der Waals surface area contributed by atoms with Crippen molar-refractivity contribution >= 4 is 31.7 Å². The van der Waals surface area contributed by atoms with Gasteiger partial charge in [0.15, 0.2) is 0 Å². The molecule has 25 heavy (non-hydrogen) atoms. The molecule has 1 heterocycles. The van der Waals surface area contributed by atoms with Gasteiger partial charge in [0.2, 0.25) is 0 Å². The SMILES string of the molecule is COC(=O)[C@@H]1C[C@@H]([Se]C(=O)c2ccccc2)CN1C(=O)OC(C)(C)C. The van der Waals surface area contributed by atoms with Gasteiger partial charge in [0.05, 0.1) is 0 Å². The molecule has 1 saturated heterocycles. The Bertz CT molecular complexity index is 641. The van der Waals surface area contributed by atoms with Gasteiger partial charge in [0, 0.05) is 0 Å². The van der Waals surface area contributed by atoms with Gasteiger partial charge in [-0.15, -0.1) is 0 Å². The van der Waals surface area contributed by atoms with Crippen LogP contribution in [0, 0.1) is 0 Å². The number of rotatable bonds is 4. The van der Waals surface area contributed by atoms with Crippen LogP contribution in [-0.2, 0) is 14.3 Å². The van der Waals surface area contributed by atoms with E-state index in [0.717, 1.165) is 0 Å². The van der Waals surface area contributed by atoms with Crippen LogP contribution in [0.2, 0.25) is 4.82 Å². The molecule has 0 bridgehead atoms. The minimum atomic E-state index is -0.699. The molecule has 0 unspecified atom stereocenters. The summed E-state index contributed by atoms with van der Waals surface area (Å²) in [5.41, 5.74) is 0.00809. The summed E-state index contributed by atoms with van der Waals surface area (Å²) in [5.74, 6) is -0.476. The Kier molecular flexibility index (Phi) is 6.25. The molecule has 0 N–H and O–H groups in total. The van der Waals surface area contributed by atoms with Gasteiger partial charge in [-0.2, -0.15) is 0 Å². The summed E-state index contributed by atoms with van der Waals surface area (Å²) in [6.45, 7) is 5.64. The van der Waals surface area contributed by atoms with Gasteiger partial charge < -0.3 is 0 Å². The van der Waals surface area contributed by atoms with Crippen LogP contribution in [0.4, 0.5) is 4.79 Å². The summed E-state index contributed by atoms with van der Waals surface area (Å²) in [7, 11) is 1.29. The molecule has 7 heteroatoms. The quantitative estimate of drug-likeness (QED) is 0.561. The van der Waals surface area contributed by atoms with E-state index >= 15 is 0 Å². The Balaban J connectivity index is 2.08. The normalized spacial score (nSPS) is 20.2. The second kappa shape index (κ2) is 8.02. The van der Waals surface area contributed by atoms with E-state index in [-0.39, 0.29) is 24.5 Å². The van der Waals surface area contributed by atoms with Crippen LogP contribution in [0.1, 0.15) is 37.6 Å². The fourth-order valence-corrected chi connectivity index (χ4v) is 4.84. The van der Waals surface area contributed by atoms with E-state index in [9.17, 15) is 14.4 Å². The first-order valence-corrected chi connectivity index (χ1v) is 9.89. The Hall–Kier alpha value is -1.85. The van der Waals surface area contributed by atoms with Gasteiger partial charge >= 0.3 is 154 Å². The van der Waals surface area contributed by atoms with E-state index in [1.807, 2.05) is 18.2 Å². The third kappa shape index (κ3) is 5.31. The summed E-state index contributed by atoms with van der Waals surface area (Å²) in [6.07, 6.45) is -0.127. The van der Waals surface area contributed by atoms with E-state index in [1.54, 1.807) is 32.9 Å². The topological polar surface area (TPSA) is 72.9 Å². The van der Waals surface area contributed by atoms with Gasteiger partial charge in [-0.25, -0.2) is 0 Å². The molecule has 0 aliphatic carbocycles. The van der Waals surface area contributed by atoms with Crippen molar-refractivity contribution in [1.82, 2.24) is 4.90 Å². The van der Waals surface area contributed by atoms with Crippen molar-refractivity contribution in [1.29, 1.82) is 0 Å². The van der Waals surface area contributed by atoms with E-state index in [2.05, 4.69) is 0 Å². The number of esters is 1. The maximum absolute atomic E-state index is 12.4. The van der Waals surface area contributed by atoms with Gasteiger partial charge in [0.1, 0.15) is 0 Å². The molecule has 1 amide bonds. The average Bonchev–Trinajstić information content (AvgIpc) is 2.97. The second-order valence-electron chi connectivity index (χ2n) is 6.80. The van der Waals surface area contributed by atoms with Crippen LogP contribution in [0.25, 0.3) is 0 Å². The third-order valence-electron chi connectivity index (χ3n) is 3.65. The average molecular weight is 412 g/mol. The molecule has 0 spiro atoms. The van der Waals surface area contributed by atoms with E-state index in [0.29, 0.717) is 18.5 Å². The fraction of sp³-hybridized carbons (Fsp3) is 0.500. The molecule has 1 aliphatic heterocycles. The van der Waals surface area contributed by atoms with Gasteiger partial charge in [-0.1, -0.05) is 0 Å². The Labute approximate surface area is 154 Å². The number of hydrogen-bond donors (Lipinski definition) is 0. The Morgan fingerprint density at radius 3 is 2.36 bits per heavy atom. The first-order valence-electron chi connectivity index (χ1n) is 8.04. The maximum atomic E-state index is 12.4. The molecule has 136 valence electrons. The minimum absolute atomic E-state index is 0.0446. The summed E-state index contributed by atoms with van der Waals surface area (Å²) in [4.78, 5) is 38.2. The van der Waals surface area contributed by atoms with Crippen molar-refractivity contribution in [3.8, 4) is 0 Å². The summed E-state index contributed by atoms with van der Waals surface area (Å²) < 4.78 is 10.3. The van der Waals surface area contributed by atoms with E-state index < -0.39 is 23.7 Å². The first-order chi connectivity index (χ1) is 11.7. The number of benzene rings is 1. The molecule has 2 atom stereocenters. The van der Waals surface area contributed by atoms with E-state index in [4.69, 9.17) is 9.47 Å². The van der Waals surface area contributed by atoms with Crippen molar-refractivity contribution in [2.45, 2.75) is 43.7 Å². The van der Waals surface area contributed by atoms with Crippen LogP contribution in [0.5, 0.6) is 0 Å². The van der Waals surface area contributed by atoms with Crippen molar-refractivity contribution in [3.63, 3.8) is 0 Å². The first kappa shape index (κ1) is 19.5. The standard InChI is InChI=1S/C18H23NO5Se/c1-18(2,3)24-17(22)19-11-13(10-14(19)15(20)23-4)25-16(21)12-8-6-5-7-9-12/h5-9,13-14H,10-11H2,1-4H3/t13-,14+/m1/s1. The molecule has 1 fully saturated rings. The van der Waals surface area contributed by atoms with Crippen LogP contribution in [0.3, 0.4) is 0 Å². The zero-order valence-electron chi connectivity index (χ0n) is 14.9. The molecule has 0 saturated carbocycles. The number of carbonyl (C=O) groups is 3. The van der Waals surface area contributed by atoms with Gasteiger partial charge in [-0.05, 0) is 0 Å². The van der Waals surface area contributed by atoms with E-state index in [1.165, 1.54) is 12.0 Å². The molecule has 1 aliphatic rings. The molecule has 2 rings (SSSR count). The number of carbonyl (C=O) groups excluding carboxylic acids is 3. The molecular formula is C18H23NO5Se. The summed E-state index contributed by atoms with van der Waals surface area (Å²) >= 11 is -0.371. The summed E-state index contributed by atoms with van der Waals surface area (Å²) in [6, 6.07) is 8.36. The van der Waals surface area contributed by atoms with Crippen LogP contribution in [-0.4, -0.2) is 61.9 Å². The number of methoxy groups -OCH3 is 1. The Morgan fingerprint density at radius 2 is 1.80 bits per heavy atom. The second-order valence-corrected chi connectivity index (χ2v) is 9.47. The van der Waals surface area contributed by atoms with Crippen LogP contribution in [0.15, 0.2) is 30.3 Å². The van der Waals surface area contributed by atoms with Crippen molar-refractivity contribution in [2.24, 2.45) is 0 Å².